The number of alkyl carbamates (subject to hydrolysis) is 1. The number of nitrogen functional groups attached to an aromatic ring is 1. The summed E-state index contributed by atoms with van der Waals surface area (Å²) in [4.78, 5) is 62.5. The van der Waals surface area contributed by atoms with Crippen LogP contribution >= 0.6 is 11.3 Å². The summed E-state index contributed by atoms with van der Waals surface area (Å²) in [6.07, 6.45) is 4.20. The third-order valence-corrected chi connectivity index (χ3v) is 8.33. The minimum atomic E-state index is -1.29. The number of H-pyrrole nitrogens is 1. The van der Waals surface area contributed by atoms with Gasteiger partial charge in [0.15, 0.2) is 0 Å². The number of benzene rings is 1. The van der Waals surface area contributed by atoms with E-state index in [1.54, 1.807) is 33.2 Å². The average Bonchev–Trinajstić information content (AvgIpc) is 3.69. The van der Waals surface area contributed by atoms with Crippen LogP contribution in [-0.2, 0) is 25.7 Å². The van der Waals surface area contributed by atoms with Crippen molar-refractivity contribution < 1.29 is 23.9 Å². The minimum Gasteiger partial charge on any atom is -0.444 e. The summed E-state index contributed by atoms with van der Waals surface area (Å²) in [5.74, 6) is -1.43. The van der Waals surface area contributed by atoms with E-state index in [2.05, 4.69) is 20.6 Å². The number of aromatic nitrogens is 2. The molecule has 0 saturated carbocycles. The number of likely N-dealkylation sites (tertiary alicyclic amines) is 1. The van der Waals surface area contributed by atoms with Gasteiger partial charge in [0.05, 0.1) is 12.5 Å². The number of aldehydes is 1. The fourth-order valence-electron chi connectivity index (χ4n) is 5.34. The summed E-state index contributed by atoms with van der Waals surface area (Å²) in [6.45, 7) is 5.71. The van der Waals surface area contributed by atoms with Crippen molar-refractivity contribution in [1.29, 1.82) is 0 Å². The topological polar surface area (TPSA) is 160 Å². The van der Waals surface area contributed by atoms with Crippen LogP contribution in [0.15, 0.2) is 48.8 Å². The van der Waals surface area contributed by atoms with Gasteiger partial charge >= 0.3 is 6.09 Å². The molecule has 12 heteroatoms. The number of nitrogens with one attached hydrogen (secondary N) is 3. The van der Waals surface area contributed by atoms with Crippen molar-refractivity contribution in [3.05, 3.63) is 59.2 Å². The van der Waals surface area contributed by atoms with Crippen LogP contribution in [0, 0.1) is 0 Å². The Morgan fingerprint density at radius 1 is 1.24 bits per heavy atom. The molecule has 42 heavy (non-hydrogen) atoms. The first-order chi connectivity index (χ1) is 20.1. The Hall–Kier alpha value is -4.45. The molecule has 3 atom stereocenters. The molecule has 4 aromatic rings. The van der Waals surface area contributed by atoms with Gasteiger partial charge in [0.2, 0.25) is 11.8 Å². The summed E-state index contributed by atoms with van der Waals surface area (Å²) in [5, 5.41) is 7.18. The molecule has 1 aromatic carbocycles. The smallest absolute Gasteiger partial charge is 0.408 e. The molecule has 1 saturated heterocycles. The molecule has 0 spiro atoms. The number of rotatable bonds is 8. The van der Waals surface area contributed by atoms with Gasteiger partial charge in [-0.1, -0.05) is 18.2 Å². The van der Waals surface area contributed by atoms with Crippen LogP contribution in [0.2, 0.25) is 0 Å². The standard InChI is InChI=1S/C30H34N6O5S/c1-30(2,3)41-29(40)35-25(21(16-37)20-15-33-22-8-5-4-7-18(20)22)28(39)36-12-6-9-23(36)27(38)34-14-17-13-19-24(42-17)10-11-32-26(19)31/h4-5,7-8,10-11,13,15-16,21,23,25,33H,6,9,12,14H2,1-3H3,(H2,31,32)(H,34,38)(H,35,40)/t21?,23-,25+/m0/s1. The average molecular weight is 591 g/mol. The highest BCUT2D eigenvalue weighted by molar-refractivity contribution is 7.19. The monoisotopic (exact) mass is 590 g/mol. The zero-order valence-electron chi connectivity index (χ0n) is 23.7. The van der Waals surface area contributed by atoms with E-state index in [4.69, 9.17) is 10.5 Å². The lowest BCUT2D eigenvalue weighted by atomic mass is 9.91. The molecule has 1 unspecified atom stereocenters. The Morgan fingerprint density at radius 2 is 2.02 bits per heavy atom. The van der Waals surface area contributed by atoms with Crippen molar-refractivity contribution in [1.82, 2.24) is 25.5 Å². The number of carbonyl (C=O) groups is 4. The number of fused-ring (bicyclic) bond motifs is 2. The Bertz CT molecular complexity index is 1640. The molecule has 11 nitrogen and oxygen atoms in total. The van der Waals surface area contributed by atoms with Gasteiger partial charge in [-0.05, 0) is 57.4 Å². The van der Waals surface area contributed by atoms with Gasteiger partial charge in [0.1, 0.15) is 29.8 Å². The summed E-state index contributed by atoms with van der Waals surface area (Å²) < 4.78 is 6.41. The largest absolute Gasteiger partial charge is 0.444 e. The first kappa shape index (κ1) is 29.1. The van der Waals surface area contributed by atoms with Crippen molar-refractivity contribution >= 4 is 62.3 Å². The molecule has 0 radical (unpaired) electrons. The molecule has 5 rings (SSSR count). The maximum Gasteiger partial charge on any atom is 0.408 e. The summed E-state index contributed by atoms with van der Waals surface area (Å²) >= 11 is 1.51. The van der Waals surface area contributed by atoms with E-state index in [0.29, 0.717) is 37.1 Å². The number of nitrogens with two attached hydrogens (primary N) is 1. The van der Waals surface area contributed by atoms with E-state index in [-0.39, 0.29) is 12.5 Å². The molecule has 220 valence electrons. The van der Waals surface area contributed by atoms with E-state index in [9.17, 15) is 19.2 Å². The molecule has 0 aliphatic carbocycles. The number of hydrogen-bond acceptors (Lipinski definition) is 8. The zero-order chi connectivity index (χ0) is 30.0. The molecule has 4 heterocycles. The van der Waals surface area contributed by atoms with Gasteiger partial charge in [0, 0.05) is 44.8 Å². The minimum absolute atomic E-state index is 0.266. The summed E-state index contributed by atoms with van der Waals surface area (Å²) in [5.41, 5.74) is 6.51. The normalized spacial score (nSPS) is 16.7. The number of anilines is 1. The molecule has 0 bridgehead atoms. The fourth-order valence-corrected chi connectivity index (χ4v) is 6.34. The van der Waals surface area contributed by atoms with Gasteiger partial charge < -0.3 is 35.8 Å². The van der Waals surface area contributed by atoms with Crippen molar-refractivity contribution in [3.63, 3.8) is 0 Å². The van der Waals surface area contributed by atoms with Gasteiger partial charge in [-0.2, -0.15) is 0 Å². The van der Waals surface area contributed by atoms with Gasteiger partial charge in [-0.3, -0.25) is 9.59 Å². The lowest BCUT2D eigenvalue weighted by Crippen LogP contribution is -2.56. The molecule has 3 amide bonds. The second-order valence-corrected chi connectivity index (χ2v) is 12.5. The third-order valence-electron chi connectivity index (χ3n) is 7.23. The van der Waals surface area contributed by atoms with Crippen molar-refractivity contribution in [3.8, 4) is 0 Å². The van der Waals surface area contributed by atoms with E-state index in [1.807, 2.05) is 36.4 Å². The molecule has 1 fully saturated rings. The highest BCUT2D eigenvalue weighted by atomic mass is 32.1. The number of nitrogens with zero attached hydrogens (tertiary/aromatic N) is 2. The molecule has 1 aliphatic heterocycles. The highest BCUT2D eigenvalue weighted by Gasteiger charge is 2.42. The number of aromatic amines is 1. The predicted molar refractivity (Wildman–Crippen MR) is 161 cm³/mol. The number of para-hydroxylation sites is 1. The number of thiophene rings is 1. The lowest BCUT2D eigenvalue weighted by Gasteiger charge is -2.31. The Balaban J connectivity index is 1.38. The van der Waals surface area contributed by atoms with Crippen LogP contribution in [0.5, 0.6) is 0 Å². The van der Waals surface area contributed by atoms with E-state index < -0.39 is 35.6 Å². The van der Waals surface area contributed by atoms with Crippen LogP contribution in [0.4, 0.5) is 10.6 Å². The third kappa shape index (κ3) is 6.08. The van der Waals surface area contributed by atoms with Crippen molar-refractivity contribution in [2.24, 2.45) is 0 Å². The number of pyridine rings is 1. The van der Waals surface area contributed by atoms with Gasteiger partial charge in [-0.15, -0.1) is 11.3 Å². The number of ether oxygens (including phenoxy) is 1. The molecular formula is C30H34N6O5S. The summed E-state index contributed by atoms with van der Waals surface area (Å²) in [7, 11) is 0. The van der Waals surface area contributed by atoms with E-state index >= 15 is 0 Å². The quantitative estimate of drug-likeness (QED) is 0.227. The van der Waals surface area contributed by atoms with Crippen molar-refractivity contribution in [2.75, 3.05) is 12.3 Å². The van der Waals surface area contributed by atoms with Crippen molar-refractivity contribution in [2.45, 2.75) is 63.8 Å². The Labute approximate surface area is 246 Å². The highest BCUT2D eigenvalue weighted by Crippen LogP contribution is 2.31. The predicted octanol–water partition coefficient (Wildman–Crippen LogP) is 3.84. The van der Waals surface area contributed by atoms with E-state index in [0.717, 1.165) is 25.9 Å². The maximum atomic E-state index is 14.1. The molecule has 3 aromatic heterocycles. The van der Waals surface area contributed by atoms with Crippen LogP contribution in [0.25, 0.3) is 21.0 Å². The van der Waals surface area contributed by atoms with Crippen LogP contribution < -0.4 is 16.4 Å². The number of carbonyl (C=O) groups excluding carboxylic acids is 4. The first-order valence-electron chi connectivity index (χ1n) is 13.8. The Kier molecular flexibility index (Phi) is 8.17. The lowest BCUT2D eigenvalue weighted by molar-refractivity contribution is -0.141. The number of hydrogen-bond donors (Lipinski definition) is 4. The first-order valence-corrected chi connectivity index (χ1v) is 14.6. The molecular weight excluding hydrogens is 556 g/mol. The van der Waals surface area contributed by atoms with Crippen LogP contribution in [0.1, 0.15) is 50.0 Å². The van der Waals surface area contributed by atoms with Gasteiger partial charge in [0.25, 0.3) is 0 Å². The number of amides is 3. The van der Waals surface area contributed by atoms with E-state index in [1.165, 1.54) is 16.2 Å². The van der Waals surface area contributed by atoms with Crippen LogP contribution in [0.3, 0.4) is 0 Å². The Morgan fingerprint density at radius 3 is 2.76 bits per heavy atom. The fraction of sp³-hybridized carbons (Fsp3) is 0.367. The zero-order valence-corrected chi connectivity index (χ0v) is 24.5. The molecule has 5 N–H and O–H groups in total. The van der Waals surface area contributed by atoms with Crippen LogP contribution in [-0.4, -0.2) is 63.3 Å². The molecule has 1 aliphatic rings. The van der Waals surface area contributed by atoms with Gasteiger partial charge in [-0.25, -0.2) is 9.78 Å². The summed E-state index contributed by atoms with van der Waals surface area (Å²) in [6, 6.07) is 9.13. The second-order valence-electron chi connectivity index (χ2n) is 11.3. The SMILES string of the molecule is CC(C)(C)OC(=O)N[C@@H](C(=O)N1CCC[C@H]1C(=O)NCc1cc2c(N)nccc2s1)C(C=O)c1c[nH]c2ccccc12. The maximum absolute atomic E-state index is 14.1. The second kappa shape index (κ2) is 11.8.